The lowest BCUT2D eigenvalue weighted by Crippen LogP contribution is -2.11. The first kappa shape index (κ1) is 8.27. The molecule has 1 rings (SSSR count). The average Bonchev–Trinajstić information content (AvgIpc) is 1.85. The van der Waals surface area contributed by atoms with E-state index < -0.39 is 5.69 Å². The molecule has 0 aliphatic rings. The van der Waals surface area contributed by atoms with E-state index in [-0.39, 0.29) is 5.92 Å². The van der Waals surface area contributed by atoms with Crippen LogP contribution in [0.4, 0.5) is 0 Å². The molecule has 0 spiro atoms. The van der Waals surface area contributed by atoms with E-state index in [2.05, 4.69) is 9.97 Å². The second kappa shape index (κ2) is 3.05. The first-order chi connectivity index (χ1) is 5.11. The zero-order valence-corrected chi connectivity index (χ0v) is 7.14. The van der Waals surface area contributed by atoms with Crippen LogP contribution in [-0.2, 0) is 0 Å². The molecule has 60 valence electrons. The smallest absolute Gasteiger partial charge is 0.296 e. The lowest BCUT2D eigenvalue weighted by molar-refractivity contribution is 0.838. The minimum atomic E-state index is -0.403. The van der Waals surface area contributed by atoms with Gasteiger partial charge in [-0.25, -0.2) is 9.78 Å². The molecule has 11 heavy (non-hydrogen) atoms. The Labute approximate surface area is 69.4 Å². The van der Waals surface area contributed by atoms with Crippen LogP contribution >= 0.6 is 11.6 Å². The Hall–Kier alpha value is -0.830. The van der Waals surface area contributed by atoms with Gasteiger partial charge < -0.3 is 0 Å². The van der Waals surface area contributed by atoms with Crippen molar-refractivity contribution in [2.24, 2.45) is 0 Å². The predicted molar refractivity (Wildman–Crippen MR) is 44.0 cm³/mol. The number of aromatic amines is 1. The lowest BCUT2D eigenvalue weighted by atomic mass is 10.1. The van der Waals surface area contributed by atoms with E-state index in [1.54, 1.807) is 0 Å². The minimum Gasteiger partial charge on any atom is -0.296 e. The summed E-state index contributed by atoms with van der Waals surface area (Å²) in [5.41, 5.74) is 0.464. The number of hydrogen-bond acceptors (Lipinski definition) is 2. The van der Waals surface area contributed by atoms with Crippen molar-refractivity contribution in [1.29, 1.82) is 0 Å². The van der Waals surface area contributed by atoms with Crippen LogP contribution in [0.25, 0.3) is 0 Å². The van der Waals surface area contributed by atoms with Crippen molar-refractivity contribution in [2.45, 2.75) is 19.8 Å². The third-order valence-electron chi connectivity index (χ3n) is 1.41. The second-order valence-electron chi connectivity index (χ2n) is 2.61. The van der Waals surface area contributed by atoms with Crippen molar-refractivity contribution in [1.82, 2.24) is 9.97 Å². The Morgan fingerprint density at radius 1 is 1.64 bits per heavy atom. The molecule has 0 atom stereocenters. The SMILES string of the molecule is CC(C)c1cnc(=O)[nH]c1Cl. The Balaban J connectivity index is 3.20. The van der Waals surface area contributed by atoms with Gasteiger partial charge in [-0.3, -0.25) is 4.98 Å². The molecular weight excluding hydrogens is 164 g/mol. The van der Waals surface area contributed by atoms with Crippen LogP contribution < -0.4 is 5.69 Å². The molecule has 3 nitrogen and oxygen atoms in total. The van der Waals surface area contributed by atoms with E-state index in [1.165, 1.54) is 6.20 Å². The Morgan fingerprint density at radius 3 is 2.73 bits per heavy atom. The summed E-state index contributed by atoms with van der Waals surface area (Å²) < 4.78 is 0. The molecular formula is C7H9ClN2O. The molecule has 0 radical (unpaired) electrons. The predicted octanol–water partition coefficient (Wildman–Crippen LogP) is 1.55. The summed E-state index contributed by atoms with van der Waals surface area (Å²) in [6.45, 7) is 3.97. The van der Waals surface area contributed by atoms with Gasteiger partial charge in [0.05, 0.1) is 0 Å². The average molecular weight is 173 g/mol. The highest BCUT2D eigenvalue weighted by Crippen LogP contribution is 2.18. The van der Waals surface area contributed by atoms with Gasteiger partial charge >= 0.3 is 5.69 Å². The Kier molecular flexibility index (Phi) is 2.29. The number of rotatable bonds is 1. The quantitative estimate of drug-likeness (QED) is 0.654. The van der Waals surface area contributed by atoms with Crippen molar-refractivity contribution in [3.8, 4) is 0 Å². The maximum absolute atomic E-state index is 10.6. The zero-order chi connectivity index (χ0) is 8.43. The monoisotopic (exact) mass is 172 g/mol. The van der Waals surface area contributed by atoms with Crippen LogP contribution in [0.3, 0.4) is 0 Å². The van der Waals surface area contributed by atoms with Gasteiger partial charge in [-0.05, 0) is 5.92 Å². The fraction of sp³-hybridized carbons (Fsp3) is 0.429. The van der Waals surface area contributed by atoms with Gasteiger partial charge in [0.2, 0.25) is 0 Å². The normalized spacial score (nSPS) is 10.5. The van der Waals surface area contributed by atoms with Gasteiger partial charge in [0.15, 0.2) is 0 Å². The van der Waals surface area contributed by atoms with Crippen LogP contribution in [0, 0.1) is 0 Å². The number of halogens is 1. The standard InChI is InChI=1S/C7H9ClN2O/c1-4(2)5-3-9-7(11)10-6(5)8/h3-4H,1-2H3,(H,9,10,11). The summed E-state index contributed by atoms with van der Waals surface area (Å²) in [6.07, 6.45) is 1.51. The van der Waals surface area contributed by atoms with E-state index >= 15 is 0 Å². The lowest BCUT2D eigenvalue weighted by Gasteiger charge is -2.04. The number of aromatic nitrogens is 2. The second-order valence-corrected chi connectivity index (χ2v) is 2.99. The molecule has 0 fully saturated rings. The first-order valence-corrected chi connectivity index (χ1v) is 3.73. The minimum absolute atomic E-state index is 0.284. The van der Waals surface area contributed by atoms with E-state index in [4.69, 9.17) is 11.6 Å². The van der Waals surface area contributed by atoms with Crippen LogP contribution in [-0.4, -0.2) is 9.97 Å². The zero-order valence-electron chi connectivity index (χ0n) is 6.39. The van der Waals surface area contributed by atoms with Gasteiger partial charge in [0.1, 0.15) is 5.15 Å². The summed E-state index contributed by atoms with van der Waals surface area (Å²) in [4.78, 5) is 16.6. The topological polar surface area (TPSA) is 45.8 Å². The third kappa shape index (κ3) is 1.80. The molecule has 0 saturated carbocycles. The van der Waals surface area contributed by atoms with Gasteiger partial charge in [0, 0.05) is 11.8 Å². The van der Waals surface area contributed by atoms with Gasteiger partial charge in [-0.2, -0.15) is 0 Å². The van der Waals surface area contributed by atoms with Crippen molar-refractivity contribution in [3.05, 3.63) is 27.4 Å². The maximum Gasteiger partial charge on any atom is 0.346 e. The van der Waals surface area contributed by atoms with E-state index in [1.807, 2.05) is 13.8 Å². The highest BCUT2D eigenvalue weighted by atomic mass is 35.5. The van der Waals surface area contributed by atoms with Crippen molar-refractivity contribution < 1.29 is 0 Å². The van der Waals surface area contributed by atoms with E-state index in [9.17, 15) is 4.79 Å². The fourth-order valence-corrected chi connectivity index (χ4v) is 1.13. The molecule has 0 aliphatic heterocycles. The number of H-pyrrole nitrogens is 1. The molecule has 0 unspecified atom stereocenters. The summed E-state index contributed by atoms with van der Waals surface area (Å²) in [6, 6.07) is 0. The summed E-state index contributed by atoms with van der Waals surface area (Å²) in [5, 5.41) is 0.389. The molecule has 0 amide bonds. The summed E-state index contributed by atoms with van der Waals surface area (Å²) in [7, 11) is 0. The Bertz CT molecular complexity index is 306. The largest absolute Gasteiger partial charge is 0.346 e. The number of nitrogens with zero attached hydrogens (tertiary/aromatic N) is 1. The molecule has 0 saturated heterocycles. The van der Waals surface area contributed by atoms with Gasteiger partial charge in [0.25, 0.3) is 0 Å². The summed E-state index contributed by atoms with van der Waals surface area (Å²) in [5.74, 6) is 0.284. The summed E-state index contributed by atoms with van der Waals surface area (Å²) >= 11 is 5.73. The maximum atomic E-state index is 10.6. The molecule has 1 aromatic rings. The number of hydrogen-bond donors (Lipinski definition) is 1. The molecule has 4 heteroatoms. The third-order valence-corrected chi connectivity index (χ3v) is 1.73. The van der Waals surface area contributed by atoms with E-state index in [0.29, 0.717) is 5.15 Å². The molecule has 1 N–H and O–H groups in total. The van der Waals surface area contributed by atoms with Crippen LogP contribution in [0.5, 0.6) is 0 Å². The van der Waals surface area contributed by atoms with Gasteiger partial charge in [-0.1, -0.05) is 25.4 Å². The van der Waals surface area contributed by atoms with Crippen LogP contribution in [0.1, 0.15) is 25.3 Å². The van der Waals surface area contributed by atoms with E-state index in [0.717, 1.165) is 5.56 Å². The highest BCUT2D eigenvalue weighted by Gasteiger charge is 2.04. The first-order valence-electron chi connectivity index (χ1n) is 3.36. The number of nitrogens with one attached hydrogen (secondary N) is 1. The molecule has 1 aromatic heterocycles. The van der Waals surface area contributed by atoms with Crippen LogP contribution in [0.2, 0.25) is 5.15 Å². The van der Waals surface area contributed by atoms with Crippen molar-refractivity contribution in [2.75, 3.05) is 0 Å². The van der Waals surface area contributed by atoms with Crippen LogP contribution in [0.15, 0.2) is 11.0 Å². The molecule has 0 aromatic carbocycles. The molecule has 0 bridgehead atoms. The van der Waals surface area contributed by atoms with Gasteiger partial charge in [-0.15, -0.1) is 0 Å². The van der Waals surface area contributed by atoms with Crippen molar-refractivity contribution >= 4 is 11.6 Å². The Morgan fingerprint density at radius 2 is 2.27 bits per heavy atom. The van der Waals surface area contributed by atoms with Crippen molar-refractivity contribution in [3.63, 3.8) is 0 Å². The fourth-order valence-electron chi connectivity index (χ4n) is 0.786. The molecule has 1 heterocycles. The molecule has 0 aliphatic carbocycles. The highest BCUT2D eigenvalue weighted by molar-refractivity contribution is 6.30.